The molecule has 3 aliphatic carbocycles. The second-order valence-corrected chi connectivity index (χ2v) is 34.8. The van der Waals surface area contributed by atoms with Crippen molar-refractivity contribution in [3.63, 3.8) is 0 Å². The minimum absolute atomic E-state index is 0.0142. The Kier molecular flexibility index (Phi) is 31.2. The Bertz CT molecular complexity index is 3820. The number of nitriles is 1. The van der Waals surface area contributed by atoms with E-state index in [1.165, 1.54) is 33.8 Å². The molecular formula is C80H106F9N6O12PS2. The first-order valence-electron chi connectivity index (χ1n) is 37.9. The van der Waals surface area contributed by atoms with Gasteiger partial charge in [-0.15, -0.1) is 0 Å². The molecule has 9 atom stereocenters. The van der Waals surface area contributed by atoms with Crippen LogP contribution in [0.3, 0.4) is 0 Å². The quantitative estimate of drug-likeness (QED) is 0.0123. The summed E-state index contributed by atoms with van der Waals surface area (Å²) in [5.74, 6) is 4.11. The topological polar surface area (TPSA) is 197 Å². The first-order chi connectivity index (χ1) is 52.2. The van der Waals surface area contributed by atoms with Gasteiger partial charge >= 0.3 is 29.8 Å². The Balaban J connectivity index is 0.707. The first kappa shape index (κ1) is 88.1. The average molecular weight is 1610 g/mol. The number of nitrogens with one attached hydrogen (secondary N) is 2. The Hall–Kier alpha value is -5.90. The van der Waals surface area contributed by atoms with Crippen LogP contribution in [0.4, 0.5) is 39.5 Å². The van der Waals surface area contributed by atoms with Crippen molar-refractivity contribution >= 4 is 36.0 Å². The minimum atomic E-state index is -6.77. The Labute approximate surface area is 648 Å². The van der Waals surface area contributed by atoms with Gasteiger partial charge in [-0.2, -0.15) is 44.8 Å². The molecule has 9 rings (SSSR count). The highest BCUT2D eigenvalue weighted by Crippen LogP contribution is 2.62. The molecule has 30 heteroatoms. The lowest BCUT2D eigenvalue weighted by atomic mass is 9.55. The summed E-state index contributed by atoms with van der Waals surface area (Å²) in [6.45, 7) is 14.1. The molecular weight excluding hydrogens is 1500 g/mol. The lowest BCUT2D eigenvalue weighted by Gasteiger charge is -2.50. The highest BCUT2D eigenvalue weighted by molar-refractivity contribution is 8.77. The summed E-state index contributed by atoms with van der Waals surface area (Å²) in [4.78, 5) is 44.5. The van der Waals surface area contributed by atoms with Crippen LogP contribution in [0.2, 0.25) is 0 Å². The number of ether oxygens (including phenoxy) is 7. The van der Waals surface area contributed by atoms with Crippen molar-refractivity contribution in [1.29, 1.82) is 5.26 Å². The molecule has 608 valence electrons. The largest absolute Gasteiger partial charge is 0.497 e. The Morgan fingerprint density at radius 1 is 0.782 bits per heavy atom. The van der Waals surface area contributed by atoms with Gasteiger partial charge in [0.2, 0.25) is 5.91 Å². The van der Waals surface area contributed by atoms with E-state index in [1.807, 2.05) is 128 Å². The molecule has 5 aromatic rings. The van der Waals surface area contributed by atoms with Crippen molar-refractivity contribution in [2.45, 2.75) is 222 Å². The summed E-state index contributed by atoms with van der Waals surface area (Å²) in [6, 6.07) is 33.8. The zero-order chi connectivity index (χ0) is 79.8. The molecule has 0 spiro atoms. The van der Waals surface area contributed by atoms with Crippen LogP contribution in [0.25, 0.3) is 0 Å². The van der Waals surface area contributed by atoms with Crippen molar-refractivity contribution in [2.75, 3.05) is 79.7 Å². The number of aromatic amines is 1. The molecule has 1 aromatic heterocycles. The zero-order valence-corrected chi connectivity index (χ0v) is 66.9. The molecule has 18 nitrogen and oxygen atoms in total. The van der Waals surface area contributed by atoms with Crippen LogP contribution < -0.4 is 30.8 Å². The lowest BCUT2D eigenvalue weighted by molar-refractivity contribution is -0.457. The van der Waals surface area contributed by atoms with Crippen molar-refractivity contribution in [2.24, 2.45) is 17.3 Å². The highest BCUT2D eigenvalue weighted by atomic mass is 33.1. The van der Waals surface area contributed by atoms with Crippen molar-refractivity contribution in [1.82, 2.24) is 24.4 Å². The summed E-state index contributed by atoms with van der Waals surface area (Å²) in [5, 5.41) is 12.5. The van der Waals surface area contributed by atoms with Crippen molar-refractivity contribution in [3.05, 3.63) is 157 Å². The number of benzene rings is 4. The van der Waals surface area contributed by atoms with E-state index in [4.69, 9.17) is 37.5 Å². The number of carbonyl (C=O) groups is 1. The third kappa shape index (κ3) is 21.3. The summed E-state index contributed by atoms with van der Waals surface area (Å²) >= 11 is 0. The summed E-state index contributed by atoms with van der Waals surface area (Å²) < 4.78 is 179. The van der Waals surface area contributed by atoms with Gasteiger partial charge in [0.15, 0.2) is 0 Å². The lowest BCUT2D eigenvalue weighted by Crippen LogP contribution is -2.68. The standard InChI is InChI=1S/C80H106F9N6O12PS2/c1-53(2)95(54(3)4)108(105-44-18-40-90)107-67-50-71(106-68(67)52-104-76(57-19-14-13-15-20-57,58-23-27-60(99-9)28-24-58)59-25-29-61(100-10)30-26-59)94-51-56(72(97)92-73(94)98)22-36-70(96)91-41-16-11-12-17-48-109-110-74(5,6)39-45-101-62-31-33-63-55(49-62)21-32-65-64(63)37-38-75(7)66(65)34-35-69(75)102-46-42-93(8)43-47-103-77(78(81,82)83,79(84,85)86)80(87,88)89/h13-15,19-20,23-31,33,49,51,53-54,64-69,71H,11-12,16-18,21-22,32,34-39,41-48,50,52H2,1-10H3,(H,91,96)(H,92,97,98)/t64?,65?,66-,67?,68+,69-,71+,75-,108?/m0/s1. The van der Waals surface area contributed by atoms with Crippen LogP contribution in [-0.2, 0) is 51.2 Å². The van der Waals surface area contributed by atoms with Gasteiger partial charge in [0.25, 0.3) is 14.1 Å². The molecule has 4 aliphatic rings. The molecule has 0 radical (unpaired) electrons. The average Bonchev–Trinajstić information content (AvgIpc) is 1.47. The predicted molar refractivity (Wildman–Crippen MR) is 407 cm³/mol. The number of hydrogen-bond donors (Lipinski definition) is 2. The Morgan fingerprint density at radius 3 is 2.04 bits per heavy atom. The van der Waals surface area contributed by atoms with Crippen LogP contribution in [-0.4, -0.2) is 164 Å². The first-order valence-corrected chi connectivity index (χ1v) is 41.4. The van der Waals surface area contributed by atoms with Gasteiger partial charge in [0, 0.05) is 66.8 Å². The third-order valence-corrected chi connectivity index (χ3v) is 27.4. The van der Waals surface area contributed by atoms with Gasteiger partial charge in [-0.3, -0.25) is 19.1 Å². The SMILES string of the molecule is COc1ccc(C(OC[C@H]2O[C@@H](n3cc(CCC(=O)NCCCCCCSSC(C)(C)CCOc4ccc5c(c4)CCC4C5CC[C@]5(C)[C@@H](OCCN(C)CCOC(C(F)(F)F)(C(F)(F)F)C(F)(F)F)CC[C@@H]45)c(=O)[nH]c3=O)CC2OP(OCCC#N)N(C(C)C)C(C)C)(c2ccccc2)c2ccc(OC)cc2)cc1. The number of hydrogen-bond acceptors (Lipinski definition) is 17. The number of halogens is 9. The zero-order valence-electron chi connectivity index (χ0n) is 64.3. The molecule has 2 saturated carbocycles. The third-order valence-electron chi connectivity index (χ3n) is 21.8. The van der Waals surface area contributed by atoms with Gasteiger partial charge in [0.05, 0.1) is 72.0 Å². The van der Waals surface area contributed by atoms with E-state index >= 15 is 0 Å². The molecule has 4 aromatic carbocycles. The maximum atomic E-state index is 13.9. The molecule has 2 heterocycles. The van der Waals surface area contributed by atoms with E-state index in [0.717, 1.165) is 98.8 Å². The number of rotatable bonds is 41. The van der Waals surface area contributed by atoms with Crippen LogP contribution in [0, 0.1) is 28.6 Å². The second-order valence-electron chi connectivity index (χ2n) is 30.3. The molecule has 3 fully saturated rings. The van der Waals surface area contributed by atoms with E-state index in [9.17, 15) is 59.2 Å². The van der Waals surface area contributed by atoms with E-state index < -0.39 is 81.1 Å². The predicted octanol–water partition coefficient (Wildman–Crippen LogP) is 17.4. The fourth-order valence-electron chi connectivity index (χ4n) is 16.0. The van der Waals surface area contributed by atoms with Crippen LogP contribution in [0.15, 0.2) is 113 Å². The number of fused-ring (bicyclic) bond motifs is 5. The Morgan fingerprint density at radius 2 is 1.41 bits per heavy atom. The molecule has 1 aliphatic heterocycles. The molecule has 0 bridgehead atoms. The summed E-state index contributed by atoms with van der Waals surface area (Å²) in [5.41, 5.74) is -3.66. The molecule has 1 amide bonds. The van der Waals surface area contributed by atoms with E-state index in [1.54, 1.807) is 14.2 Å². The van der Waals surface area contributed by atoms with E-state index in [0.29, 0.717) is 42.4 Å². The van der Waals surface area contributed by atoms with Gasteiger partial charge in [-0.1, -0.05) is 102 Å². The number of H-pyrrole nitrogens is 1. The van der Waals surface area contributed by atoms with E-state index in [-0.39, 0.29) is 91.9 Å². The van der Waals surface area contributed by atoms with Gasteiger partial charge < -0.3 is 52.4 Å². The fraction of sp³-hybridized carbons (Fsp3) is 0.625. The number of carbonyl (C=O) groups excluding carboxylic acids is 1. The van der Waals surface area contributed by atoms with Crippen molar-refractivity contribution in [3.8, 4) is 23.3 Å². The summed E-state index contributed by atoms with van der Waals surface area (Å²) in [7, 11) is 6.49. The molecule has 2 N–H and O–H groups in total. The normalized spacial score (nSPS) is 21.4. The molecule has 110 heavy (non-hydrogen) atoms. The number of likely N-dealkylation sites (N-methyl/N-ethyl adjacent to an activating group) is 1. The maximum Gasteiger partial charge on any atom is 0.435 e. The van der Waals surface area contributed by atoms with Gasteiger partial charge in [-0.05, 0) is 200 Å². The number of aromatic nitrogens is 2. The number of alkyl halides is 9. The second kappa shape index (κ2) is 39.0. The maximum absolute atomic E-state index is 13.9. The minimum Gasteiger partial charge on any atom is -0.497 e. The van der Waals surface area contributed by atoms with Crippen LogP contribution in [0.1, 0.15) is 177 Å². The fourth-order valence-corrected chi connectivity index (χ4v) is 20.5. The number of nitrogens with zero attached hydrogens (tertiary/aromatic N) is 4. The number of unbranched alkanes of at least 4 members (excludes halogenated alkanes) is 3. The van der Waals surface area contributed by atoms with E-state index in [2.05, 4.69) is 64.7 Å². The van der Waals surface area contributed by atoms with Gasteiger partial charge in [0.1, 0.15) is 35.2 Å². The smallest absolute Gasteiger partial charge is 0.435 e. The van der Waals surface area contributed by atoms with Crippen molar-refractivity contribution < 1.29 is 86.5 Å². The molecule has 1 saturated heterocycles. The summed E-state index contributed by atoms with van der Waals surface area (Å²) in [6.07, 6.45) is -11.0. The van der Waals surface area contributed by atoms with Crippen LogP contribution in [0.5, 0.6) is 17.2 Å². The monoisotopic (exact) mass is 1610 g/mol. The number of aryl methyl sites for hydroxylation is 2. The number of methoxy groups -OCH3 is 2. The van der Waals surface area contributed by atoms with Gasteiger partial charge in [-0.25, -0.2) is 9.46 Å². The van der Waals surface area contributed by atoms with Crippen LogP contribution >= 0.6 is 30.1 Å². The molecule has 4 unspecified atom stereocenters. The number of amides is 1. The highest BCUT2D eigenvalue weighted by Gasteiger charge is 2.85.